The molecule has 3 saturated carbocycles. The molecule has 3 aliphatic rings. The van der Waals surface area contributed by atoms with E-state index >= 15 is 0 Å². The topological polar surface area (TPSA) is 50.9 Å². The number of para-hydroxylation sites is 1. The van der Waals surface area contributed by atoms with Gasteiger partial charge in [0, 0.05) is 44.1 Å². The van der Waals surface area contributed by atoms with Gasteiger partial charge in [-0.05, 0) is 105 Å². The predicted molar refractivity (Wildman–Crippen MR) is 262 cm³/mol. The maximum absolute atomic E-state index is 12.6. The molecule has 3 fully saturated rings. The third-order valence-corrected chi connectivity index (χ3v) is 13.9. The van der Waals surface area contributed by atoms with Gasteiger partial charge >= 0.3 is 0 Å². The fraction of sp³-hybridized carbons (Fsp3) is 0.288. The van der Waals surface area contributed by atoms with Crippen LogP contribution in [0.5, 0.6) is 5.75 Å². The average molecular weight is 1020 g/mol. The summed E-state index contributed by atoms with van der Waals surface area (Å²) >= 11 is 0. The predicted octanol–water partition coefficient (Wildman–Crippen LogP) is 15.2. The van der Waals surface area contributed by atoms with E-state index < -0.39 is 0 Å². The molecule has 0 spiro atoms. The number of imidazole rings is 1. The van der Waals surface area contributed by atoms with Crippen molar-refractivity contribution < 1.29 is 26.2 Å². The molecule has 4 nitrogen and oxygen atoms in total. The minimum atomic E-state index is -0.315. The van der Waals surface area contributed by atoms with E-state index in [0.717, 1.165) is 78.4 Å². The van der Waals surface area contributed by atoms with E-state index in [-0.39, 0.29) is 48.5 Å². The molecule has 5 heteroatoms. The molecule has 3 aliphatic carbocycles. The number of fused-ring (bicyclic) bond motifs is 1. The van der Waals surface area contributed by atoms with Crippen LogP contribution < -0.4 is 0 Å². The van der Waals surface area contributed by atoms with Gasteiger partial charge in [-0.1, -0.05) is 164 Å². The van der Waals surface area contributed by atoms with Crippen molar-refractivity contribution in [3.63, 3.8) is 0 Å². The number of pyridine rings is 1. The van der Waals surface area contributed by atoms with Crippen molar-refractivity contribution in [2.45, 2.75) is 103 Å². The molecule has 8 aromatic rings. The third-order valence-electron chi connectivity index (χ3n) is 13.9. The molecule has 326 valence electrons. The van der Waals surface area contributed by atoms with E-state index in [0.29, 0.717) is 5.82 Å². The van der Waals surface area contributed by atoms with E-state index in [4.69, 9.17) is 9.97 Å². The summed E-state index contributed by atoms with van der Waals surface area (Å²) in [5, 5.41) is 12.6. The first-order valence-electron chi connectivity index (χ1n) is 22.7. The Morgan fingerprint density at radius 2 is 1.23 bits per heavy atom. The zero-order chi connectivity index (χ0) is 44.1. The van der Waals surface area contributed by atoms with E-state index in [1.165, 1.54) is 36.0 Å². The Morgan fingerprint density at radius 1 is 0.594 bits per heavy atom. The molecule has 0 amide bonds. The number of benzene rings is 6. The van der Waals surface area contributed by atoms with Gasteiger partial charge in [0.15, 0.2) is 0 Å². The summed E-state index contributed by atoms with van der Waals surface area (Å²) in [6.45, 7) is 20.1. The van der Waals surface area contributed by atoms with Crippen LogP contribution in [-0.4, -0.2) is 19.6 Å². The zero-order valence-corrected chi connectivity index (χ0v) is 40.9. The van der Waals surface area contributed by atoms with Crippen molar-refractivity contribution in [3.8, 4) is 67.5 Å². The number of hydrogen-bond acceptors (Lipinski definition) is 3. The fourth-order valence-corrected chi connectivity index (χ4v) is 9.98. The minimum absolute atomic E-state index is 0. The Morgan fingerprint density at radius 3 is 1.86 bits per heavy atom. The molecule has 1 N–H and O–H groups in total. The van der Waals surface area contributed by atoms with Gasteiger partial charge in [-0.3, -0.25) is 9.55 Å². The third kappa shape index (κ3) is 7.66. The van der Waals surface area contributed by atoms with Gasteiger partial charge in [0.2, 0.25) is 0 Å². The number of nitrogens with zero attached hydrogens (tertiary/aromatic N) is 3. The molecule has 11 rings (SSSR count). The largest absolute Gasteiger partial charge is 0.507 e. The van der Waals surface area contributed by atoms with Gasteiger partial charge in [0.1, 0.15) is 11.6 Å². The second-order valence-corrected chi connectivity index (χ2v) is 21.5. The van der Waals surface area contributed by atoms with Crippen LogP contribution in [0.4, 0.5) is 0 Å². The molecule has 0 radical (unpaired) electrons. The van der Waals surface area contributed by atoms with Crippen LogP contribution in [0.25, 0.3) is 72.7 Å². The molecule has 0 atom stereocenters. The Bertz CT molecular complexity index is 3030. The van der Waals surface area contributed by atoms with Crippen LogP contribution in [-0.2, 0) is 42.7 Å². The Balaban J connectivity index is 0.00000518. The van der Waals surface area contributed by atoms with Gasteiger partial charge in [0.25, 0.3) is 0 Å². The molecule has 64 heavy (non-hydrogen) atoms. The van der Waals surface area contributed by atoms with Crippen molar-refractivity contribution in [2.75, 3.05) is 0 Å². The maximum Gasteiger partial charge on any atom is 0.148 e. The zero-order valence-electron chi connectivity index (χ0n) is 38.6. The van der Waals surface area contributed by atoms with Gasteiger partial charge in [0.05, 0.1) is 22.3 Å². The fourth-order valence-electron chi connectivity index (χ4n) is 9.98. The standard InChI is InChI=1S/C59H58N3O.Pt/c1-56(2,3)43-23-24-51(47(31-43)39-19-14-11-15-20-39)62-52-22-16-21-46(53(52)61-55(62)48-32-44(57(4,5)6)33-49(54(48)63)58(7,8)9)41-27-42(29-45(28-41)59-34-37(35-59)36-59)50-30-40(25-26-60-50)38-17-12-10-13-18-38;/h10-26,28-33,37,63H,34-36H2,1-9H3;/q-1;. The number of phenols is 1. The van der Waals surface area contributed by atoms with Gasteiger partial charge in [-0.15, -0.1) is 29.3 Å². The first-order chi connectivity index (χ1) is 30.0. The van der Waals surface area contributed by atoms with Crippen molar-refractivity contribution in [2.24, 2.45) is 5.92 Å². The molecule has 0 saturated heterocycles. The van der Waals surface area contributed by atoms with Crippen LogP contribution in [0.15, 0.2) is 140 Å². The number of aromatic nitrogens is 3. The summed E-state index contributed by atoms with van der Waals surface area (Å²) in [7, 11) is 0. The normalized spacial score (nSPS) is 17.1. The maximum atomic E-state index is 12.6. The Hall–Kier alpha value is -5.57. The van der Waals surface area contributed by atoms with Crippen LogP contribution in [0.1, 0.15) is 104 Å². The molecule has 2 aromatic heterocycles. The quantitative estimate of drug-likeness (QED) is 0.162. The van der Waals surface area contributed by atoms with E-state index in [1.807, 2.05) is 6.20 Å². The summed E-state index contributed by atoms with van der Waals surface area (Å²) < 4.78 is 2.30. The monoisotopic (exact) mass is 1020 g/mol. The number of aromatic hydroxyl groups is 1. The number of rotatable bonds is 7. The average Bonchev–Trinajstić information content (AvgIpc) is 3.61. The summed E-state index contributed by atoms with van der Waals surface area (Å²) in [6.07, 6.45) is 5.64. The molecule has 2 heterocycles. The van der Waals surface area contributed by atoms with Crippen molar-refractivity contribution in [1.29, 1.82) is 0 Å². The Labute approximate surface area is 394 Å². The molecule has 0 aliphatic heterocycles. The van der Waals surface area contributed by atoms with Crippen LogP contribution in [0.2, 0.25) is 0 Å². The van der Waals surface area contributed by atoms with Crippen LogP contribution in [0, 0.1) is 12.0 Å². The first kappa shape index (κ1) is 43.7. The van der Waals surface area contributed by atoms with Crippen molar-refractivity contribution in [3.05, 3.63) is 168 Å². The second-order valence-electron chi connectivity index (χ2n) is 21.5. The Kier molecular flexibility index (Phi) is 10.8. The molecule has 6 aromatic carbocycles. The number of phenolic OH excluding ortho intramolecular Hbond substituents is 1. The van der Waals surface area contributed by atoms with Crippen LogP contribution >= 0.6 is 0 Å². The molecular formula is C59H58N3OPt-. The smallest absolute Gasteiger partial charge is 0.148 e. The van der Waals surface area contributed by atoms with Crippen molar-refractivity contribution in [1.82, 2.24) is 14.5 Å². The van der Waals surface area contributed by atoms with Crippen LogP contribution in [0.3, 0.4) is 0 Å². The summed E-state index contributed by atoms with van der Waals surface area (Å²) in [5.41, 5.74) is 16.4. The molecule has 0 unspecified atom stereocenters. The molecule has 2 bridgehead atoms. The summed E-state index contributed by atoms with van der Waals surface area (Å²) in [6, 6.07) is 51.9. The van der Waals surface area contributed by atoms with E-state index in [1.54, 1.807) is 0 Å². The van der Waals surface area contributed by atoms with Gasteiger partial charge in [-0.2, -0.15) is 0 Å². The summed E-state index contributed by atoms with van der Waals surface area (Å²) in [4.78, 5) is 10.7. The first-order valence-corrected chi connectivity index (χ1v) is 22.7. The second kappa shape index (κ2) is 15.8. The van der Waals surface area contributed by atoms with E-state index in [9.17, 15) is 5.11 Å². The van der Waals surface area contributed by atoms with Gasteiger partial charge in [-0.25, -0.2) is 4.98 Å². The summed E-state index contributed by atoms with van der Waals surface area (Å²) in [5.74, 6) is 1.81. The minimum Gasteiger partial charge on any atom is -0.507 e. The van der Waals surface area contributed by atoms with E-state index in [2.05, 4.69) is 206 Å². The number of hydrogen-bond donors (Lipinski definition) is 1. The molecular weight excluding hydrogens is 962 g/mol. The van der Waals surface area contributed by atoms with Gasteiger partial charge < -0.3 is 5.11 Å². The SMILES string of the molecule is CC(C)(C)c1ccc(-n2c(-c3cc(C(C)(C)C)cc(C(C)(C)C)c3O)nc3c(-c4[c-]c(-c5cc(-c6ccccc6)ccn5)cc(C56CC(C5)C6)c4)cccc32)c(-c2ccccc2)c1.[Pt]. The van der Waals surface area contributed by atoms with Crippen molar-refractivity contribution >= 4 is 11.0 Å².